The lowest BCUT2D eigenvalue weighted by Gasteiger charge is -2.34. The topological polar surface area (TPSA) is 20.3 Å². The molecule has 1 aliphatic rings. The van der Waals surface area contributed by atoms with Crippen molar-refractivity contribution in [3.05, 3.63) is 31.8 Å². The average Bonchev–Trinajstić information content (AvgIpc) is 2.41. The van der Waals surface area contributed by atoms with E-state index in [1.165, 1.54) is 0 Å². The van der Waals surface area contributed by atoms with E-state index < -0.39 is 0 Å². The van der Waals surface area contributed by atoms with Crippen LogP contribution in [0.25, 0.3) is 0 Å². The third-order valence-corrected chi connectivity index (χ3v) is 5.36. The molecule has 0 aromatic heterocycles. The number of hydrogen-bond acceptors (Lipinski definition) is 1. The van der Waals surface area contributed by atoms with Gasteiger partial charge in [-0.3, -0.25) is 4.79 Å². The van der Waals surface area contributed by atoms with Gasteiger partial charge in [0.05, 0.1) is 5.56 Å². The maximum atomic E-state index is 12.5. The number of nitrogens with zero attached hydrogens (tertiary/aromatic N) is 1. The molecule has 0 bridgehead atoms. The van der Waals surface area contributed by atoms with Gasteiger partial charge in [-0.15, -0.1) is 0 Å². The summed E-state index contributed by atoms with van der Waals surface area (Å²) in [5.41, 5.74) is 0.818. The fraction of sp³-hybridized carbons (Fsp3) is 0.533. The van der Waals surface area contributed by atoms with Crippen molar-refractivity contribution in [1.29, 1.82) is 0 Å². The lowest BCUT2D eigenvalue weighted by Crippen LogP contribution is -2.39. The van der Waals surface area contributed by atoms with Crippen LogP contribution in [0.3, 0.4) is 0 Å². The van der Waals surface area contributed by atoms with E-state index in [2.05, 4.69) is 52.4 Å². The van der Waals surface area contributed by atoms with Crippen LogP contribution in [0.15, 0.2) is 22.7 Å². The first-order valence-electron chi connectivity index (χ1n) is 6.73. The van der Waals surface area contributed by atoms with Gasteiger partial charge in [-0.25, -0.2) is 0 Å². The van der Waals surface area contributed by atoms with E-state index in [0.717, 1.165) is 51.4 Å². The molecule has 2 nitrogen and oxygen atoms in total. The summed E-state index contributed by atoms with van der Waals surface area (Å²) in [6.07, 6.45) is 2.27. The number of rotatable bonds is 2. The molecule has 0 saturated carbocycles. The Hall–Kier alpha value is -0.100. The van der Waals surface area contributed by atoms with Crippen LogP contribution in [0.1, 0.15) is 37.0 Å². The monoisotopic (exact) mass is 435 g/mol. The number of likely N-dealkylation sites (tertiary alicyclic amines) is 1. The second kappa shape index (κ2) is 6.57. The quantitative estimate of drug-likeness (QED) is 0.623. The maximum absolute atomic E-state index is 12.5. The van der Waals surface area contributed by atoms with Gasteiger partial charge in [-0.2, -0.15) is 0 Å². The van der Waals surface area contributed by atoms with Crippen LogP contribution in [-0.2, 0) is 0 Å². The minimum absolute atomic E-state index is 0.174. The van der Waals surface area contributed by atoms with Crippen molar-refractivity contribution in [3.8, 4) is 0 Å². The fourth-order valence-corrected chi connectivity index (χ4v) is 3.53. The summed E-state index contributed by atoms with van der Waals surface area (Å²) < 4.78 is 1.99. The molecule has 19 heavy (non-hydrogen) atoms. The van der Waals surface area contributed by atoms with Crippen molar-refractivity contribution in [2.45, 2.75) is 26.7 Å². The predicted molar refractivity (Wildman–Crippen MR) is 90.3 cm³/mol. The zero-order valence-electron chi connectivity index (χ0n) is 11.3. The molecule has 0 radical (unpaired) electrons. The second-order valence-corrected chi connectivity index (χ2v) is 7.58. The summed E-state index contributed by atoms with van der Waals surface area (Å²) in [7, 11) is 0. The van der Waals surface area contributed by atoms with Crippen molar-refractivity contribution in [2.24, 2.45) is 11.8 Å². The molecule has 1 aliphatic heterocycles. The van der Waals surface area contributed by atoms with Crippen LogP contribution in [0.5, 0.6) is 0 Å². The minimum Gasteiger partial charge on any atom is -0.339 e. The highest BCUT2D eigenvalue weighted by molar-refractivity contribution is 14.1. The lowest BCUT2D eigenvalue weighted by atomic mass is 9.86. The van der Waals surface area contributed by atoms with Crippen LogP contribution < -0.4 is 0 Å². The van der Waals surface area contributed by atoms with Gasteiger partial charge >= 0.3 is 0 Å². The Balaban J connectivity index is 2.07. The molecule has 0 N–H and O–H groups in total. The van der Waals surface area contributed by atoms with E-state index in [0.29, 0.717) is 0 Å². The van der Waals surface area contributed by atoms with Gasteiger partial charge in [-0.05, 0) is 65.5 Å². The molecule has 4 heteroatoms. The number of piperidine rings is 1. The number of amides is 1. The number of hydrogen-bond donors (Lipinski definition) is 0. The van der Waals surface area contributed by atoms with Crippen LogP contribution in [0.4, 0.5) is 0 Å². The van der Waals surface area contributed by atoms with E-state index in [-0.39, 0.29) is 5.91 Å². The molecule has 1 fully saturated rings. The predicted octanol–water partition coefficient (Wildman–Crippen LogP) is 4.56. The van der Waals surface area contributed by atoms with Crippen molar-refractivity contribution < 1.29 is 4.79 Å². The van der Waals surface area contributed by atoms with Crippen LogP contribution >= 0.6 is 38.5 Å². The number of carbonyl (C=O) groups excluding carboxylic acids is 1. The SMILES string of the molecule is CC(C)C1CCN(C(=O)c2cc(Br)ccc2I)CC1. The third-order valence-electron chi connectivity index (χ3n) is 3.93. The fourth-order valence-electron chi connectivity index (χ4n) is 2.60. The lowest BCUT2D eigenvalue weighted by molar-refractivity contribution is 0.0666. The van der Waals surface area contributed by atoms with Gasteiger partial charge in [0.2, 0.25) is 0 Å². The van der Waals surface area contributed by atoms with Gasteiger partial charge < -0.3 is 4.90 Å². The standard InChI is InChI=1S/C15H19BrINO/c1-10(2)11-5-7-18(8-6-11)15(19)13-9-12(16)3-4-14(13)17/h3-4,9-11H,5-8H2,1-2H3. The summed E-state index contributed by atoms with van der Waals surface area (Å²) in [6, 6.07) is 5.89. The molecule has 0 unspecified atom stereocenters. The average molecular weight is 436 g/mol. The Morgan fingerprint density at radius 3 is 2.58 bits per heavy atom. The van der Waals surface area contributed by atoms with Crippen molar-refractivity contribution in [3.63, 3.8) is 0 Å². The molecule has 1 saturated heterocycles. The van der Waals surface area contributed by atoms with E-state index in [1.54, 1.807) is 0 Å². The Morgan fingerprint density at radius 2 is 2.00 bits per heavy atom. The number of benzene rings is 1. The van der Waals surface area contributed by atoms with Gasteiger partial charge in [-0.1, -0.05) is 29.8 Å². The molecule has 104 valence electrons. The van der Waals surface area contributed by atoms with E-state index in [9.17, 15) is 4.79 Å². The minimum atomic E-state index is 0.174. The molecule has 1 heterocycles. The molecule has 1 amide bonds. The summed E-state index contributed by atoms with van der Waals surface area (Å²) in [4.78, 5) is 14.6. The Bertz CT molecular complexity index is 467. The number of carbonyl (C=O) groups is 1. The first kappa shape index (κ1) is 15.3. The zero-order valence-corrected chi connectivity index (χ0v) is 15.1. The molecule has 2 rings (SSSR count). The highest BCUT2D eigenvalue weighted by Crippen LogP contribution is 2.26. The van der Waals surface area contributed by atoms with Gasteiger partial charge in [0.25, 0.3) is 5.91 Å². The Morgan fingerprint density at radius 1 is 1.37 bits per heavy atom. The third kappa shape index (κ3) is 3.72. The molecule has 1 aromatic carbocycles. The summed E-state index contributed by atoms with van der Waals surface area (Å²) in [6.45, 7) is 6.34. The maximum Gasteiger partial charge on any atom is 0.254 e. The van der Waals surface area contributed by atoms with Crippen LogP contribution in [-0.4, -0.2) is 23.9 Å². The van der Waals surface area contributed by atoms with Crippen molar-refractivity contribution >= 4 is 44.4 Å². The summed E-state index contributed by atoms with van der Waals surface area (Å²) in [5.74, 6) is 1.67. The smallest absolute Gasteiger partial charge is 0.254 e. The van der Waals surface area contributed by atoms with E-state index in [1.807, 2.05) is 23.1 Å². The Kier molecular flexibility index (Phi) is 5.29. The molecule has 0 atom stereocenters. The van der Waals surface area contributed by atoms with Crippen LogP contribution in [0.2, 0.25) is 0 Å². The van der Waals surface area contributed by atoms with E-state index in [4.69, 9.17) is 0 Å². The summed E-state index contributed by atoms with van der Waals surface area (Å²) >= 11 is 5.68. The highest BCUT2D eigenvalue weighted by atomic mass is 127. The molecule has 1 aromatic rings. The first-order chi connectivity index (χ1) is 8.99. The van der Waals surface area contributed by atoms with Crippen molar-refractivity contribution in [2.75, 3.05) is 13.1 Å². The molecule has 0 aliphatic carbocycles. The van der Waals surface area contributed by atoms with Gasteiger partial charge in [0, 0.05) is 21.1 Å². The first-order valence-corrected chi connectivity index (χ1v) is 8.60. The Labute approximate surface area is 137 Å². The molecule has 0 spiro atoms. The highest BCUT2D eigenvalue weighted by Gasteiger charge is 2.26. The zero-order chi connectivity index (χ0) is 14.0. The number of halogens is 2. The largest absolute Gasteiger partial charge is 0.339 e. The van der Waals surface area contributed by atoms with Gasteiger partial charge in [0.1, 0.15) is 0 Å². The molecular weight excluding hydrogens is 417 g/mol. The normalized spacial score (nSPS) is 17.0. The molecular formula is C15H19BrINO. The van der Waals surface area contributed by atoms with Crippen molar-refractivity contribution in [1.82, 2.24) is 4.90 Å². The van der Waals surface area contributed by atoms with Gasteiger partial charge in [0.15, 0.2) is 0 Å². The summed E-state index contributed by atoms with van der Waals surface area (Å²) in [5, 5.41) is 0. The van der Waals surface area contributed by atoms with E-state index >= 15 is 0 Å². The second-order valence-electron chi connectivity index (χ2n) is 5.50. The van der Waals surface area contributed by atoms with Crippen LogP contribution in [0, 0.1) is 15.4 Å².